The monoisotopic (exact) mass is 249 g/mol. The molecule has 4 nitrogen and oxygen atoms in total. The molecule has 2 unspecified atom stereocenters. The summed E-state index contributed by atoms with van der Waals surface area (Å²) < 4.78 is 27.7. The third kappa shape index (κ3) is 5.27. The molecule has 1 aliphatic rings. The van der Waals surface area contributed by atoms with Crippen molar-refractivity contribution in [2.75, 3.05) is 31.8 Å². The van der Waals surface area contributed by atoms with Gasteiger partial charge in [-0.25, -0.2) is 8.42 Å². The van der Waals surface area contributed by atoms with Gasteiger partial charge in [0, 0.05) is 18.9 Å². The van der Waals surface area contributed by atoms with Gasteiger partial charge in [-0.2, -0.15) is 0 Å². The van der Waals surface area contributed by atoms with Crippen LogP contribution in [0.1, 0.15) is 26.2 Å². The maximum atomic E-state index is 11.1. The summed E-state index contributed by atoms with van der Waals surface area (Å²) in [6, 6.07) is 0.426. The van der Waals surface area contributed by atoms with Crippen molar-refractivity contribution in [3.63, 3.8) is 0 Å². The molecule has 96 valence electrons. The van der Waals surface area contributed by atoms with Crippen LogP contribution in [0.5, 0.6) is 0 Å². The molecule has 1 heterocycles. The summed E-state index contributed by atoms with van der Waals surface area (Å²) >= 11 is 0. The van der Waals surface area contributed by atoms with Crippen LogP contribution in [-0.2, 0) is 14.6 Å². The first-order valence-corrected chi connectivity index (χ1v) is 8.08. The second-order valence-electron chi connectivity index (χ2n) is 4.60. The van der Waals surface area contributed by atoms with Gasteiger partial charge in [-0.3, -0.25) is 0 Å². The van der Waals surface area contributed by atoms with Crippen molar-refractivity contribution in [3.05, 3.63) is 0 Å². The normalized spacial score (nSPS) is 26.9. The van der Waals surface area contributed by atoms with Gasteiger partial charge in [0.15, 0.2) is 0 Å². The molecule has 0 bridgehead atoms. The Kier molecular flexibility index (Phi) is 5.72. The second-order valence-corrected chi connectivity index (χ2v) is 6.86. The molecule has 1 fully saturated rings. The Morgan fingerprint density at radius 1 is 1.44 bits per heavy atom. The summed E-state index contributed by atoms with van der Waals surface area (Å²) in [5.74, 6) is 0.612. The summed E-state index contributed by atoms with van der Waals surface area (Å²) in [7, 11) is -2.85. The fourth-order valence-corrected chi connectivity index (χ4v) is 2.78. The fraction of sp³-hybridized carbons (Fsp3) is 1.00. The zero-order valence-electron chi connectivity index (χ0n) is 10.2. The lowest BCUT2D eigenvalue weighted by Crippen LogP contribution is -2.43. The number of nitrogens with one attached hydrogen (secondary N) is 1. The van der Waals surface area contributed by atoms with Crippen LogP contribution < -0.4 is 5.32 Å². The maximum Gasteiger partial charge on any atom is 0.147 e. The Balaban J connectivity index is 2.40. The minimum atomic E-state index is -2.85. The largest absolute Gasteiger partial charge is 0.381 e. The van der Waals surface area contributed by atoms with Crippen molar-refractivity contribution in [1.29, 1.82) is 0 Å². The van der Waals surface area contributed by atoms with E-state index in [-0.39, 0.29) is 5.75 Å². The van der Waals surface area contributed by atoms with Gasteiger partial charge in [0.05, 0.1) is 12.4 Å². The standard InChI is InChI=1S/C11H23NO3S/c1-3-6-12-11-4-7-15-9-10(11)5-8-16(2,13)14/h10-12H,3-9H2,1-2H3. The minimum absolute atomic E-state index is 0.269. The Morgan fingerprint density at radius 2 is 2.19 bits per heavy atom. The lowest BCUT2D eigenvalue weighted by molar-refractivity contribution is 0.0310. The molecule has 1 saturated heterocycles. The van der Waals surface area contributed by atoms with Crippen molar-refractivity contribution in [1.82, 2.24) is 5.32 Å². The Hall–Kier alpha value is -0.130. The first-order chi connectivity index (χ1) is 7.53. The van der Waals surface area contributed by atoms with Crippen molar-refractivity contribution in [2.24, 2.45) is 5.92 Å². The first-order valence-electron chi connectivity index (χ1n) is 6.02. The Morgan fingerprint density at radius 3 is 2.81 bits per heavy atom. The minimum Gasteiger partial charge on any atom is -0.381 e. The SMILES string of the molecule is CCCNC1CCOCC1CCS(C)(=O)=O. The predicted molar refractivity (Wildman–Crippen MR) is 65.3 cm³/mol. The zero-order valence-corrected chi connectivity index (χ0v) is 11.1. The van der Waals surface area contributed by atoms with Crippen molar-refractivity contribution < 1.29 is 13.2 Å². The van der Waals surface area contributed by atoms with E-state index in [0.29, 0.717) is 25.0 Å². The summed E-state index contributed by atoms with van der Waals surface area (Å²) in [4.78, 5) is 0. The number of rotatable bonds is 6. The Bertz CT molecular complexity index is 290. The van der Waals surface area contributed by atoms with E-state index in [4.69, 9.17) is 4.74 Å². The highest BCUT2D eigenvalue weighted by Crippen LogP contribution is 2.19. The molecule has 16 heavy (non-hydrogen) atoms. The van der Waals surface area contributed by atoms with Crippen LogP contribution in [0.25, 0.3) is 0 Å². The molecule has 0 aromatic rings. The highest BCUT2D eigenvalue weighted by Gasteiger charge is 2.25. The molecule has 0 aromatic heterocycles. The zero-order chi connectivity index (χ0) is 12.0. The number of hydrogen-bond acceptors (Lipinski definition) is 4. The van der Waals surface area contributed by atoms with E-state index in [1.807, 2.05) is 0 Å². The van der Waals surface area contributed by atoms with Crippen LogP contribution in [0, 0.1) is 5.92 Å². The van der Waals surface area contributed by atoms with Crippen molar-refractivity contribution in [3.8, 4) is 0 Å². The van der Waals surface area contributed by atoms with Gasteiger partial charge < -0.3 is 10.1 Å². The van der Waals surface area contributed by atoms with E-state index < -0.39 is 9.84 Å². The van der Waals surface area contributed by atoms with E-state index in [0.717, 1.165) is 26.0 Å². The van der Waals surface area contributed by atoms with Gasteiger partial charge in [-0.05, 0) is 31.7 Å². The highest BCUT2D eigenvalue weighted by molar-refractivity contribution is 7.90. The first kappa shape index (κ1) is 13.9. The van der Waals surface area contributed by atoms with Crippen LogP contribution in [0.3, 0.4) is 0 Å². The molecule has 0 spiro atoms. The van der Waals surface area contributed by atoms with Gasteiger partial charge in [-0.1, -0.05) is 6.92 Å². The van der Waals surface area contributed by atoms with Crippen LogP contribution >= 0.6 is 0 Å². The van der Waals surface area contributed by atoms with Gasteiger partial charge >= 0.3 is 0 Å². The fourth-order valence-electron chi connectivity index (χ4n) is 2.05. The molecule has 1 rings (SSSR count). The molecular weight excluding hydrogens is 226 g/mol. The quantitative estimate of drug-likeness (QED) is 0.757. The summed E-state index contributed by atoms with van der Waals surface area (Å²) in [6.07, 6.45) is 4.11. The van der Waals surface area contributed by atoms with Gasteiger partial charge in [0.25, 0.3) is 0 Å². The van der Waals surface area contributed by atoms with Crippen molar-refractivity contribution >= 4 is 9.84 Å². The average molecular weight is 249 g/mol. The molecular formula is C11H23NO3S. The van der Waals surface area contributed by atoms with E-state index in [9.17, 15) is 8.42 Å². The number of sulfone groups is 1. The third-order valence-electron chi connectivity index (χ3n) is 2.99. The van der Waals surface area contributed by atoms with Crippen LogP contribution in [0.2, 0.25) is 0 Å². The molecule has 2 atom stereocenters. The smallest absolute Gasteiger partial charge is 0.147 e. The number of ether oxygens (including phenoxy) is 1. The maximum absolute atomic E-state index is 11.1. The summed E-state index contributed by atoms with van der Waals surface area (Å²) in [5.41, 5.74) is 0. The average Bonchev–Trinajstić information content (AvgIpc) is 2.23. The van der Waals surface area contributed by atoms with Gasteiger partial charge in [0.2, 0.25) is 0 Å². The summed E-state index contributed by atoms with van der Waals surface area (Å²) in [5, 5.41) is 3.48. The van der Waals surface area contributed by atoms with E-state index in [1.165, 1.54) is 6.26 Å². The molecule has 0 radical (unpaired) electrons. The van der Waals surface area contributed by atoms with E-state index >= 15 is 0 Å². The van der Waals surface area contributed by atoms with Crippen LogP contribution in [0.4, 0.5) is 0 Å². The van der Waals surface area contributed by atoms with Crippen LogP contribution in [-0.4, -0.2) is 46.2 Å². The molecule has 5 heteroatoms. The number of hydrogen-bond donors (Lipinski definition) is 1. The molecule has 0 saturated carbocycles. The third-order valence-corrected chi connectivity index (χ3v) is 3.97. The lowest BCUT2D eigenvalue weighted by atomic mass is 9.93. The topological polar surface area (TPSA) is 55.4 Å². The van der Waals surface area contributed by atoms with Gasteiger partial charge in [-0.15, -0.1) is 0 Å². The molecule has 0 amide bonds. The van der Waals surface area contributed by atoms with Gasteiger partial charge in [0.1, 0.15) is 9.84 Å². The highest BCUT2D eigenvalue weighted by atomic mass is 32.2. The van der Waals surface area contributed by atoms with E-state index in [1.54, 1.807) is 0 Å². The Labute approximate surface area is 98.7 Å². The molecule has 0 aromatic carbocycles. The van der Waals surface area contributed by atoms with Crippen molar-refractivity contribution in [2.45, 2.75) is 32.2 Å². The predicted octanol–water partition coefficient (Wildman–Crippen LogP) is 0.826. The lowest BCUT2D eigenvalue weighted by Gasteiger charge is -2.32. The molecule has 1 N–H and O–H groups in total. The summed E-state index contributed by atoms with van der Waals surface area (Å²) in [6.45, 7) is 4.62. The molecule has 1 aliphatic heterocycles. The van der Waals surface area contributed by atoms with Crippen LogP contribution in [0.15, 0.2) is 0 Å². The second kappa shape index (κ2) is 6.57. The molecule has 0 aliphatic carbocycles. The van der Waals surface area contributed by atoms with E-state index in [2.05, 4.69) is 12.2 Å².